The largest absolute Gasteiger partial charge is 0.469 e. The van der Waals surface area contributed by atoms with E-state index >= 15 is 0 Å². The first-order valence-electron chi connectivity index (χ1n) is 9.81. The number of nitrogens with one attached hydrogen (secondary N) is 2. The van der Waals surface area contributed by atoms with Crippen LogP contribution in [0.5, 0.6) is 0 Å². The minimum Gasteiger partial charge on any atom is -0.469 e. The molecule has 0 spiro atoms. The fourth-order valence-electron chi connectivity index (χ4n) is 3.11. The zero-order valence-corrected chi connectivity index (χ0v) is 19.1. The van der Waals surface area contributed by atoms with Gasteiger partial charge in [0.05, 0.1) is 37.9 Å². The molecule has 11 heteroatoms. The topological polar surface area (TPSA) is 100 Å². The first kappa shape index (κ1) is 24.8. The predicted octanol–water partition coefficient (Wildman–Crippen LogP) is 1.27. The van der Waals surface area contributed by atoms with Crippen molar-refractivity contribution in [2.45, 2.75) is 18.9 Å². The Bertz CT molecular complexity index is 810. The van der Waals surface area contributed by atoms with Crippen LogP contribution in [0.25, 0.3) is 0 Å². The van der Waals surface area contributed by atoms with Gasteiger partial charge in [-0.05, 0) is 30.8 Å². The molecule has 2 N–H and O–H groups in total. The fourth-order valence-corrected chi connectivity index (χ4v) is 3.62. The molecule has 1 atom stereocenters. The normalized spacial score (nSPS) is 15.4. The highest BCUT2D eigenvalue weighted by atomic mass is 35.5. The molecule has 1 aromatic rings. The molecule has 0 radical (unpaired) electrons. The summed E-state index contributed by atoms with van der Waals surface area (Å²) in [5, 5.41) is 6.55. The third-order valence-electron chi connectivity index (χ3n) is 4.77. The maximum atomic E-state index is 12.4. The fraction of sp³-hybridized carbons (Fsp3) is 0.500. The van der Waals surface area contributed by atoms with Gasteiger partial charge in [-0.1, -0.05) is 23.7 Å². The highest BCUT2D eigenvalue weighted by molar-refractivity contribution is 7.80. The van der Waals surface area contributed by atoms with E-state index in [1.54, 1.807) is 24.3 Å². The number of para-hydroxylation sites is 1. The Labute approximate surface area is 192 Å². The number of carbonyl (C=O) groups excluding carboxylic acids is 3. The van der Waals surface area contributed by atoms with Crippen molar-refractivity contribution in [3.05, 3.63) is 29.3 Å². The van der Waals surface area contributed by atoms with E-state index in [0.717, 1.165) is 13.0 Å². The van der Waals surface area contributed by atoms with Crippen LogP contribution >= 0.6 is 23.8 Å². The van der Waals surface area contributed by atoms with Crippen LogP contribution < -0.4 is 10.6 Å². The molecule has 1 saturated heterocycles. The van der Waals surface area contributed by atoms with Crippen molar-refractivity contribution in [1.82, 2.24) is 15.1 Å². The molecular weight excluding hydrogens is 444 g/mol. The van der Waals surface area contributed by atoms with Gasteiger partial charge in [0.1, 0.15) is 6.04 Å². The molecule has 0 aliphatic carbocycles. The Kier molecular flexibility index (Phi) is 9.96. The van der Waals surface area contributed by atoms with Gasteiger partial charge in [0, 0.05) is 26.2 Å². The van der Waals surface area contributed by atoms with Crippen LogP contribution in [0.15, 0.2) is 24.3 Å². The molecule has 1 aromatic carbocycles. The number of amides is 1. The van der Waals surface area contributed by atoms with Crippen molar-refractivity contribution in [3.63, 3.8) is 0 Å². The summed E-state index contributed by atoms with van der Waals surface area (Å²) in [7, 11) is 2.50. The lowest BCUT2D eigenvalue weighted by molar-refractivity contribution is -0.149. The molecule has 0 bridgehead atoms. The average Bonchev–Trinajstić information content (AvgIpc) is 2.99. The summed E-state index contributed by atoms with van der Waals surface area (Å²) in [4.78, 5) is 39.9. The highest BCUT2D eigenvalue weighted by Gasteiger charge is 2.26. The first-order valence-corrected chi connectivity index (χ1v) is 10.6. The average molecular weight is 471 g/mol. The Morgan fingerprint density at radius 1 is 1.13 bits per heavy atom. The summed E-state index contributed by atoms with van der Waals surface area (Å²) in [5.41, 5.74) is 0.579. The van der Waals surface area contributed by atoms with Crippen molar-refractivity contribution in [3.8, 4) is 0 Å². The number of hydrogen-bond acceptors (Lipinski definition) is 7. The lowest BCUT2D eigenvalue weighted by atomic mass is 10.2. The van der Waals surface area contributed by atoms with Gasteiger partial charge in [0.15, 0.2) is 5.11 Å². The Hall–Kier alpha value is -2.43. The van der Waals surface area contributed by atoms with E-state index in [2.05, 4.69) is 15.4 Å². The zero-order valence-electron chi connectivity index (χ0n) is 17.6. The number of ether oxygens (including phenoxy) is 2. The number of thiocarbonyl (C=S) groups is 1. The van der Waals surface area contributed by atoms with Gasteiger partial charge >= 0.3 is 11.9 Å². The van der Waals surface area contributed by atoms with Gasteiger partial charge in [0.2, 0.25) is 5.91 Å². The van der Waals surface area contributed by atoms with E-state index in [9.17, 15) is 14.4 Å². The van der Waals surface area contributed by atoms with Crippen molar-refractivity contribution in [1.29, 1.82) is 0 Å². The third-order valence-corrected chi connectivity index (χ3v) is 5.48. The maximum absolute atomic E-state index is 12.4. The number of esters is 2. The number of methoxy groups -OCH3 is 2. The molecule has 31 heavy (non-hydrogen) atoms. The summed E-state index contributed by atoms with van der Waals surface area (Å²) in [6.45, 7) is 2.78. The van der Waals surface area contributed by atoms with Gasteiger partial charge in [-0.15, -0.1) is 0 Å². The maximum Gasteiger partial charge on any atom is 0.328 e. The number of carbonyl (C=O) groups is 3. The van der Waals surface area contributed by atoms with Crippen molar-refractivity contribution in [2.24, 2.45) is 0 Å². The second-order valence-corrected chi connectivity index (χ2v) is 7.74. The lowest BCUT2D eigenvalue weighted by Gasteiger charge is -2.27. The number of nitrogens with zero attached hydrogens (tertiary/aromatic N) is 2. The lowest BCUT2D eigenvalue weighted by Crippen LogP contribution is -2.50. The number of hydrogen-bond donors (Lipinski definition) is 2. The first-order chi connectivity index (χ1) is 14.8. The number of anilines is 1. The van der Waals surface area contributed by atoms with Gasteiger partial charge in [-0.25, -0.2) is 4.79 Å². The van der Waals surface area contributed by atoms with Crippen molar-refractivity contribution in [2.75, 3.05) is 52.3 Å². The van der Waals surface area contributed by atoms with E-state index in [-0.39, 0.29) is 18.9 Å². The molecule has 0 aromatic heterocycles. The van der Waals surface area contributed by atoms with Crippen molar-refractivity contribution >= 4 is 52.5 Å². The smallest absolute Gasteiger partial charge is 0.328 e. The zero-order chi connectivity index (χ0) is 22.8. The quantitative estimate of drug-likeness (QED) is 0.450. The molecule has 170 valence electrons. The summed E-state index contributed by atoms with van der Waals surface area (Å²) < 4.78 is 9.37. The summed E-state index contributed by atoms with van der Waals surface area (Å²) in [6, 6.07) is 6.15. The van der Waals surface area contributed by atoms with Crippen LogP contribution in [0.2, 0.25) is 5.02 Å². The molecule has 1 heterocycles. The van der Waals surface area contributed by atoms with Gasteiger partial charge in [-0.2, -0.15) is 0 Å². The van der Waals surface area contributed by atoms with Gasteiger partial charge in [-0.3, -0.25) is 14.5 Å². The third kappa shape index (κ3) is 7.97. The standard InChI is InChI=1S/C20H27ClN4O5S/c1-29-18(27)12-16(19(28)30-2)23-20(31)25-9-5-8-24(10-11-25)13-17(26)22-15-7-4-3-6-14(15)21/h3-4,6-7,16H,5,8-13H2,1-2H3,(H,22,26)(H,23,31). The van der Waals surface area contributed by atoms with E-state index in [4.69, 9.17) is 28.6 Å². The summed E-state index contributed by atoms with van der Waals surface area (Å²) in [5.74, 6) is -1.29. The molecule has 0 saturated carbocycles. The van der Waals surface area contributed by atoms with E-state index in [1.165, 1.54) is 14.2 Å². The van der Waals surface area contributed by atoms with E-state index in [1.807, 2.05) is 9.80 Å². The molecule has 1 unspecified atom stereocenters. The van der Waals surface area contributed by atoms with Crippen LogP contribution in [0.4, 0.5) is 5.69 Å². The van der Waals surface area contributed by atoms with E-state index < -0.39 is 18.0 Å². The Morgan fingerprint density at radius 3 is 2.55 bits per heavy atom. The van der Waals surface area contributed by atoms with Gasteiger partial charge in [0.25, 0.3) is 0 Å². The summed E-state index contributed by atoms with van der Waals surface area (Å²) >= 11 is 11.5. The molecule has 2 rings (SSSR count). The SMILES string of the molecule is COC(=O)CC(NC(=S)N1CCCN(CC(=O)Nc2ccccc2Cl)CC1)C(=O)OC. The molecular formula is C20H27ClN4O5S. The number of rotatable bonds is 7. The van der Waals surface area contributed by atoms with Crippen LogP contribution in [-0.4, -0.2) is 85.7 Å². The van der Waals surface area contributed by atoms with Crippen LogP contribution in [-0.2, 0) is 23.9 Å². The minimum atomic E-state index is -0.925. The van der Waals surface area contributed by atoms with Gasteiger partial charge < -0.3 is 25.0 Å². The second kappa shape index (κ2) is 12.4. The molecule has 1 aliphatic rings. The highest BCUT2D eigenvalue weighted by Crippen LogP contribution is 2.20. The minimum absolute atomic E-state index is 0.147. The monoisotopic (exact) mass is 470 g/mol. The Balaban J connectivity index is 1.87. The van der Waals surface area contributed by atoms with Crippen LogP contribution in [0, 0.1) is 0 Å². The molecule has 1 amide bonds. The summed E-state index contributed by atoms with van der Waals surface area (Å²) in [6.07, 6.45) is 0.590. The predicted molar refractivity (Wildman–Crippen MR) is 121 cm³/mol. The van der Waals surface area contributed by atoms with E-state index in [0.29, 0.717) is 35.5 Å². The molecule has 1 aliphatic heterocycles. The Morgan fingerprint density at radius 2 is 1.87 bits per heavy atom. The number of halogens is 1. The second-order valence-electron chi connectivity index (χ2n) is 6.95. The number of benzene rings is 1. The van der Waals surface area contributed by atoms with Crippen LogP contribution in [0.1, 0.15) is 12.8 Å². The van der Waals surface area contributed by atoms with Crippen LogP contribution in [0.3, 0.4) is 0 Å². The molecule has 9 nitrogen and oxygen atoms in total. The molecule has 1 fully saturated rings. The van der Waals surface area contributed by atoms with Crippen molar-refractivity contribution < 1.29 is 23.9 Å².